The van der Waals surface area contributed by atoms with Crippen LogP contribution in [0.3, 0.4) is 0 Å². The molecular formula is C29H35N5O2. The third-order valence-corrected chi connectivity index (χ3v) is 7.70. The van der Waals surface area contributed by atoms with Crippen molar-refractivity contribution < 1.29 is 9.21 Å². The smallest absolute Gasteiger partial charge is 0.289 e. The highest BCUT2D eigenvalue weighted by Gasteiger charge is 2.22. The second-order valence-electron chi connectivity index (χ2n) is 10.0. The van der Waals surface area contributed by atoms with E-state index in [-0.39, 0.29) is 5.91 Å². The molecule has 0 aliphatic carbocycles. The molecule has 4 aromatic rings. The zero-order valence-electron chi connectivity index (χ0n) is 20.8. The fourth-order valence-electron chi connectivity index (χ4n) is 5.58. The van der Waals surface area contributed by atoms with Crippen LogP contribution in [-0.4, -0.2) is 79.6 Å². The van der Waals surface area contributed by atoms with Gasteiger partial charge in [0.15, 0.2) is 5.76 Å². The van der Waals surface area contributed by atoms with Crippen LogP contribution >= 0.6 is 0 Å². The van der Waals surface area contributed by atoms with E-state index in [4.69, 9.17) is 4.42 Å². The van der Waals surface area contributed by atoms with Crippen molar-refractivity contribution in [3.8, 4) is 0 Å². The number of hydrogen-bond donors (Lipinski definition) is 2. The summed E-state index contributed by atoms with van der Waals surface area (Å²) in [6.45, 7) is 8.53. The highest BCUT2D eigenvalue weighted by molar-refractivity contribution is 5.96. The minimum Gasteiger partial charge on any atom is -0.451 e. The van der Waals surface area contributed by atoms with Crippen molar-refractivity contribution in [3.63, 3.8) is 0 Å². The first-order chi connectivity index (χ1) is 17.7. The molecule has 0 atom stereocenters. The number of nitrogens with one attached hydrogen (secondary N) is 2. The average molecular weight is 486 g/mol. The number of amides is 1. The molecular weight excluding hydrogens is 450 g/mol. The number of piperazine rings is 2. The van der Waals surface area contributed by atoms with Crippen molar-refractivity contribution in [2.45, 2.75) is 19.3 Å². The Hall–Kier alpha value is -3.29. The summed E-state index contributed by atoms with van der Waals surface area (Å²) in [6, 6.07) is 16.8. The number of para-hydroxylation sites is 1. The number of aromatic amines is 1. The van der Waals surface area contributed by atoms with Crippen molar-refractivity contribution in [1.29, 1.82) is 0 Å². The maximum absolute atomic E-state index is 12.8. The molecule has 2 N–H and O–H groups in total. The fourth-order valence-corrected chi connectivity index (χ4v) is 5.58. The van der Waals surface area contributed by atoms with Gasteiger partial charge < -0.3 is 24.5 Å². The Kier molecular flexibility index (Phi) is 6.66. The predicted octanol–water partition coefficient (Wildman–Crippen LogP) is 4.10. The normalized spacial score (nSPS) is 17.3. The van der Waals surface area contributed by atoms with Crippen LogP contribution in [0.5, 0.6) is 0 Å². The summed E-state index contributed by atoms with van der Waals surface area (Å²) in [5.74, 6) is 0.439. The van der Waals surface area contributed by atoms with Gasteiger partial charge in [0.2, 0.25) is 0 Å². The van der Waals surface area contributed by atoms with Crippen LogP contribution in [-0.2, 0) is 6.42 Å². The van der Waals surface area contributed by atoms with Crippen LogP contribution in [0.25, 0.3) is 21.9 Å². The van der Waals surface area contributed by atoms with Gasteiger partial charge in [0.25, 0.3) is 5.91 Å². The number of fused-ring (bicyclic) bond motifs is 2. The van der Waals surface area contributed by atoms with Gasteiger partial charge in [-0.2, -0.15) is 0 Å². The lowest BCUT2D eigenvalue weighted by Crippen LogP contribution is -2.46. The lowest BCUT2D eigenvalue weighted by Gasteiger charge is -2.36. The number of aromatic nitrogens is 1. The minimum atomic E-state index is -0.00689. The highest BCUT2D eigenvalue weighted by atomic mass is 16.3. The summed E-state index contributed by atoms with van der Waals surface area (Å²) in [4.78, 5) is 23.1. The molecule has 0 saturated carbocycles. The number of carbonyl (C=O) groups excluding carboxylic acids is 1. The number of benzene rings is 2. The van der Waals surface area contributed by atoms with Crippen molar-refractivity contribution in [2.24, 2.45) is 0 Å². The molecule has 7 nitrogen and oxygen atoms in total. The van der Waals surface area contributed by atoms with E-state index >= 15 is 0 Å². The molecule has 2 aliphatic rings. The summed E-state index contributed by atoms with van der Waals surface area (Å²) >= 11 is 0. The van der Waals surface area contributed by atoms with Gasteiger partial charge >= 0.3 is 0 Å². The summed E-state index contributed by atoms with van der Waals surface area (Å²) in [5.41, 5.74) is 4.66. The van der Waals surface area contributed by atoms with E-state index in [1.165, 1.54) is 35.0 Å². The van der Waals surface area contributed by atoms with Crippen molar-refractivity contribution in [1.82, 2.24) is 20.1 Å². The van der Waals surface area contributed by atoms with E-state index in [1.807, 2.05) is 17.0 Å². The molecule has 7 heteroatoms. The highest BCUT2D eigenvalue weighted by Crippen LogP contribution is 2.27. The van der Waals surface area contributed by atoms with Crippen LogP contribution in [0.15, 0.2) is 59.1 Å². The van der Waals surface area contributed by atoms with E-state index in [1.54, 1.807) is 0 Å². The lowest BCUT2D eigenvalue weighted by molar-refractivity contribution is 0.0706. The second-order valence-corrected chi connectivity index (χ2v) is 10.0. The van der Waals surface area contributed by atoms with Crippen molar-refractivity contribution in [2.75, 3.05) is 63.8 Å². The van der Waals surface area contributed by atoms with E-state index in [0.29, 0.717) is 5.76 Å². The van der Waals surface area contributed by atoms with Gasteiger partial charge in [0.1, 0.15) is 5.58 Å². The van der Waals surface area contributed by atoms with Gasteiger partial charge in [-0.25, -0.2) is 0 Å². The quantitative estimate of drug-likeness (QED) is 0.386. The third kappa shape index (κ3) is 4.86. The Labute approximate surface area is 212 Å². The topological polar surface area (TPSA) is 67.8 Å². The van der Waals surface area contributed by atoms with E-state index in [9.17, 15) is 4.79 Å². The number of anilines is 1. The first-order valence-corrected chi connectivity index (χ1v) is 13.3. The van der Waals surface area contributed by atoms with Gasteiger partial charge in [0.05, 0.1) is 0 Å². The molecule has 6 rings (SSSR count). The van der Waals surface area contributed by atoms with Crippen LogP contribution in [0.2, 0.25) is 0 Å². The number of unbranched alkanes of at least 4 members (excludes halogenated alkanes) is 1. The van der Waals surface area contributed by atoms with Crippen LogP contribution in [0, 0.1) is 0 Å². The van der Waals surface area contributed by atoms with Crippen molar-refractivity contribution >= 4 is 33.5 Å². The number of aryl methyl sites for hydroxylation is 1. The maximum atomic E-state index is 12.8. The number of hydrogen-bond acceptors (Lipinski definition) is 5. The first-order valence-electron chi connectivity index (χ1n) is 13.3. The summed E-state index contributed by atoms with van der Waals surface area (Å²) in [5, 5.41) is 5.65. The van der Waals surface area contributed by atoms with Crippen LogP contribution in [0.4, 0.5) is 5.69 Å². The Bertz CT molecular complexity index is 1330. The molecule has 1 amide bonds. The zero-order valence-corrected chi connectivity index (χ0v) is 20.8. The predicted molar refractivity (Wildman–Crippen MR) is 145 cm³/mol. The summed E-state index contributed by atoms with van der Waals surface area (Å²) < 4.78 is 5.91. The average Bonchev–Trinajstić information content (AvgIpc) is 3.55. The van der Waals surface area contributed by atoms with Gasteiger partial charge in [-0.1, -0.05) is 18.2 Å². The molecule has 2 aromatic heterocycles. The Morgan fingerprint density at radius 1 is 0.917 bits per heavy atom. The molecule has 0 spiro atoms. The number of rotatable bonds is 7. The third-order valence-electron chi connectivity index (χ3n) is 7.70. The molecule has 2 fully saturated rings. The molecule has 0 radical (unpaired) electrons. The zero-order chi connectivity index (χ0) is 24.3. The lowest BCUT2D eigenvalue weighted by atomic mass is 10.1. The van der Waals surface area contributed by atoms with Gasteiger partial charge in [-0.05, 0) is 61.7 Å². The van der Waals surface area contributed by atoms with Gasteiger partial charge in [0, 0.05) is 80.5 Å². The van der Waals surface area contributed by atoms with E-state index in [0.717, 1.165) is 76.3 Å². The molecule has 2 aromatic carbocycles. The van der Waals surface area contributed by atoms with E-state index < -0.39 is 0 Å². The van der Waals surface area contributed by atoms with Crippen LogP contribution in [0.1, 0.15) is 29.0 Å². The Balaban J connectivity index is 0.995. The summed E-state index contributed by atoms with van der Waals surface area (Å²) in [7, 11) is 0. The number of H-pyrrole nitrogens is 1. The Morgan fingerprint density at radius 2 is 1.75 bits per heavy atom. The standard InChI is InChI=1S/C29H35N5O2/c35-29(34-13-10-30-11-14-34)28-20-23-19-24(8-9-27(23)36-28)33-17-15-32(16-18-33)12-4-3-5-22-21-31-26-7-2-1-6-25(22)26/h1-2,6-9,19-21,30-31H,3-5,10-18H2. The van der Waals surface area contributed by atoms with Gasteiger partial charge in [-0.3, -0.25) is 9.69 Å². The largest absolute Gasteiger partial charge is 0.451 e. The maximum Gasteiger partial charge on any atom is 0.289 e. The van der Waals surface area contributed by atoms with E-state index in [2.05, 4.69) is 62.7 Å². The molecule has 0 unspecified atom stereocenters. The SMILES string of the molecule is O=C(c1cc2cc(N3CCN(CCCCc4c[nH]c5ccccc45)CC3)ccc2o1)N1CCNCC1. The molecule has 188 valence electrons. The molecule has 4 heterocycles. The fraction of sp³-hybridized carbons (Fsp3) is 0.414. The molecule has 2 saturated heterocycles. The molecule has 36 heavy (non-hydrogen) atoms. The number of carbonyl (C=O) groups is 1. The monoisotopic (exact) mass is 485 g/mol. The minimum absolute atomic E-state index is 0.00689. The second kappa shape index (κ2) is 10.4. The number of furan rings is 1. The molecule has 0 bridgehead atoms. The Morgan fingerprint density at radius 3 is 2.61 bits per heavy atom. The number of nitrogens with zero attached hydrogens (tertiary/aromatic N) is 3. The molecule has 2 aliphatic heterocycles. The first kappa shape index (κ1) is 23.1. The van der Waals surface area contributed by atoms with Gasteiger partial charge in [-0.15, -0.1) is 0 Å². The summed E-state index contributed by atoms with van der Waals surface area (Å²) in [6.07, 6.45) is 5.75. The van der Waals surface area contributed by atoms with Crippen LogP contribution < -0.4 is 10.2 Å². The van der Waals surface area contributed by atoms with Crippen molar-refractivity contribution in [3.05, 3.63) is 66.1 Å².